The number of nitriles is 1. The van der Waals surface area contributed by atoms with Gasteiger partial charge in [0, 0.05) is 18.8 Å². The van der Waals surface area contributed by atoms with Gasteiger partial charge in [-0.1, -0.05) is 0 Å². The first-order chi connectivity index (χ1) is 8.49. The quantitative estimate of drug-likeness (QED) is 0.878. The van der Waals surface area contributed by atoms with Crippen LogP contribution in [0.1, 0.15) is 24.8 Å². The lowest BCUT2D eigenvalue weighted by Gasteiger charge is -2.10. The van der Waals surface area contributed by atoms with Crippen molar-refractivity contribution >= 4 is 0 Å². The van der Waals surface area contributed by atoms with Crippen molar-refractivity contribution in [1.29, 1.82) is 5.26 Å². The summed E-state index contributed by atoms with van der Waals surface area (Å²) in [6.07, 6.45) is -0.0112. The molecule has 0 aliphatic heterocycles. The fourth-order valence-electron chi connectivity index (χ4n) is 1.61. The van der Waals surface area contributed by atoms with Gasteiger partial charge in [0.15, 0.2) is 0 Å². The molecule has 1 saturated carbocycles. The molecule has 1 heterocycles. The van der Waals surface area contributed by atoms with Crippen molar-refractivity contribution in [3.8, 4) is 6.07 Å². The number of nitrogens with one attached hydrogen (secondary N) is 1. The van der Waals surface area contributed by atoms with E-state index in [1.807, 2.05) is 0 Å². The Kier molecular flexibility index (Phi) is 3.57. The van der Waals surface area contributed by atoms with Gasteiger partial charge in [-0.2, -0.15) is 23.5 Å². The van der Waals surface area contributed by atoms with Crippen molar-refractivity contribution in [3.63, 3.8) is 0 Å². The zero-order valence-corrected chi connectivity index (χ0v) is 9.61. The van der Waals surface area contributed by atoms with Crippen molar-refractivity contribution in [2.24, 2.45) is 0 Å². The Bertz CT molecular complexity index is 442. The molecule has 4 nitrogen and oxygen atoms in total. The van der Waals surface area contributed by atoms with Crippen LogP contribution in [0.2, 0.25) is 0 Å². The predicted molar refractivity (Wildman–Crippen MR) is 57.4 cm³/mol. The molecule has 1 fully saturated rings. The Balaban J connectivity index is 1.85. The zero-order valence-electron chi connectivity index (χ0n) is 9.61. The lowest BCUT2D eigenvalue weighted by atomic mass is 10.2. The minimum atomic E-state index is -4.36. The molecule has 1 unspecified atom stereocenters. The molecule has 1 aliphatic rings. The van der Waals surface area contributed by atoms with E-state index in [1.165, 1.54) is 4.68 Å². The maximum Gasteiger partial charge on any atom is 0.419 e. The second kappa shape index (κ2) is 4.98. The first-order valence-corrected chi connectivity index (χ1v) is 5.74. The van der Waals surface area contributed by atoms with Crippen molar-refractivity contribution < 1.29 is 13.2 Å². The highest BCUT2D eigenvalue weighted by Crippen LogP contribution is 2.28. The summed E-state index contributed by atoms with van der Waals surface area (Å²) < 4.78 is 38.2. The summed E-state index contributed by atoms with van der Waals surface area (Å²) in [5.41, 5.74) is -0.758. The molecular formula is C11H13F3N4. The first-order valence-electron chi connectivity index (χ1n) is 5.74. The monoisotopic (exact) mass is 258 g/mol. The second-order valence-corrected chi connectivity index (χ2v) is 4.40. The van der Waals surface area contributed by atoms with Gasteiger partial charge in [-0.25, -0.2) is 0 Å². The number of aryl methyl sites for hydroxylation is 1. The van der Waals surface area contributed by atoms with Crippen LogP contribution in [0, 0.1) is 11.3 Å². The lowest BCUT2D eigenvalue weighted by molar-refractivity contribution is -0.137. The Morgan fingerprint density at radius 1 is 1.56 bits per heavy atom. The van der Waals surface area contributed by atoms with E-state index in [2.05, 4.69) is 16.5 Å². The third-order valence-corrected chi connectivity index (χ3v) is 2.78. The standard InChI is InChI=1S/C11H13F3N4/c12-11(13,14)8-6-16-18(7-8)4-3-10(5-15)17-9-1-2-9/h6-7,9-10,17H,1-4H2. The van der Waals surface area contributed by atoms with Gasteiger partial charge in [0.2, 0.25) is 0 Å². The third-order valence-electron chi connectivity index (χ3n) is 2.78. The van der Waals surface area contributed by atoms with Crippen molar-refractivity contribution in [3.05, 3.63) is 18.0 Å². The van der Waals surface area contributed by atoms with E-state index in [9.17, 15) is 13.2 Å². The van der Waals surface area contributed by atoms with Crippen LogP contribution in [-0.2, 0) is 12.7 Å². The van der Waals surface area contributed by atoms with Crippen LogP contribution in [0.4, 0.5) is 13.2 Å². The average molecular weight is 258 g/mol. The van der Waals surface area contributed by atoms with E-state index >= 15 is 0 Å². The average Bonchev–Trinajstić information content (AvgIpc) is 2.97. The molecule has 0 saturated heterocycles. The van der Waals surface area contributed by atoms with Crippen LogP contribution in [-0.4, -0.2) is 21.9 Å². The zero-order chi connectivity index (χ0) is 13.2. The molecule has 98 valence electrons. The van der Waals surface area contributed by atoms with Crippen LogP contribution in [0.3, 0.4) is 0 Å². The van der Waals surface area contributed by atoms with Gasteiger partial charge in [-0.15, -0.1) is 0 Å². The van der Waals surface area contributed by atoms with Crippen LogP contribution < -0.4 is 5.32 Å². The number of halogens is 3. The minimum absolute atomic E-state index is 0.300. The summed E-state index contributed by atoms with van der Waals surface area (Å²) >= 11 is 0. The third kappa shape index (κ3) is 3.47. The molecule has 1 N–H and O–H groups in total. The Hall–Kier alpha value is -1.55. The molecular weight excluding hydrogens is 245 g/mol. The summed E-state index contributed by atoms with van der Waals surface area (Å²) in [6, 6.07) is 2.18. The van der Waals surface area contributed by atoms with Crippen LogP contribution in [0.25, 0.3) is 0 Å². The molecule has 0 amide bonds. The number of hydrogen-bond acceptors (Lipinski definition) is 3. The SMILES string of the molecule is N#CC(CCn1cc(C(F)(F)F)cn1)NC1CC1. The van der Waals surface area contributed by atoms with E-state index in [0.29, 0.717) is 19.0 Å². The summed E-state index contributed by atoms with van der Waals surface area (Å²) in [7, 11) is 0. The van der Waals surface area contributed by atoms with Crippen molar-refractivity contribution in [2.45, 2.75) is 44.1 Å². The van der Waals surface area contributed by atoms with E-state index in [1.54, 1.807) is 0 Å². The molecule has 0 bridgehead atoms. The number of nitrogens with zero attached hydrogens (tertiary/aromatic N) is 3. The summed E-state index contributed by atoms with van der Waals surface area (Å²) in [4.78, 5) is 0. The topological polar surface area (TPSA) is 53.6 Å². The van der Waals surface area contributed by atoms with Gasteiger partial charge in [-0.3, -0.25) is 10.00 Å². The maximum absolute atomic E-state index is 12.3. The molecule has 0 spiro atoms. The highest BCUT2D eigenvalue weighted by molar-refractivity contribution is 5.08. The molecule has 7 heteroatoms. The summed E-state index contributed by atoms with van der Waals surface area (Å²) in [6.45, 7) is 0.300. The highest BCUT2D eigenvalue weighted by atomic mass is 19.4. The predicted octanol–water partition coefficient (Wildman–Crippen LogP) is 1.94. The van der Waals surface area contributed by atoms with Gasteiger partial charge in [0.05, 0.1) is 23.9 Å². The van der Waals surface area contributed by atoms with Crippen LogP contribution in [0.5, 0.6) is 0 Å². The molecule has 18 heavy (non-hydrogen) atoms. The van der Waals surface area contributed by atoms with E-state index in [0.717, 1.165) is 25.2 Å². The summed E-state index contributed by atoms with van der Waals surface area (Å²) in [5.74, 6) is 0. The Labute approximate surface area is 102 Å². The first kappa shape index (κ1) is 12.9. The van der Waals surface area contributed by atoms with Crippen LogP contribution >= 0.6 is 0 Å². The number of aromatic nitrogens is 2. The maximum atomic E-state index is 12.3. The summed E-state index contributed by atoms with van der Waals surface area (Å²) in [5, 5.41) is 15.7. The molecule has 1 aliphatic carbocycles. The van der Waals surface area contributed by atoms with Gasteiger partial charge in [0.1, 0.15) is 0 Å². The fourth-order valence-corrected chi connectivity index (χ4v) is 1.61. The number of hydrogen-bond donors (Lipinski definition) is 1. The lowest BCUT2D eigenvalue weighted by Crippen LogP contribution is -2.30. The smallest absolute Gasteiger partial charge is 0.299 e. The van der Waals surface area contributed by atoms with E-state index in [4.69, 9.17) is 5.26 Å². The van der Waals surface area contributed by atoms with E-state index in [-0.39, 0.29) is 6.04 Å². The van der Waals surface area contributed by atoms with Crippen molar-refractivity contribution in [1.82, 2.24) is 15.1 Å². The van der Waals surface area contributed by atoms with Crippen molar-refractivity contribution in [2.75, 3.05) is 0 Å². The number of rotatable bonds is 5. The van der Waals surface area contributed by atoms with E-state index < -0.39 is 11.7 Å². The molecule has 0 radical (unpaired) electrons. The molecule has 1 aromatic rings. The Morgan fingerprint density at radius 3 is 2.78 bits per heavy atom. The normalized spacial score (nSPS) is 17.4. The Morgan fingerprint density at radius 2 is 2.28 bits per heavy atom. The van der Waals surface area contributed by atoms with Gasteiger partial charge < -0.3 is 0 Å². The minimum Gasteiger partial charge on any atom is -0.299 e. The van der Waals surface area contributed by atoms with Gasteiger partial charge in [-0.05, 0) is 19.3 Å². The van der Waals surface area contributed by atoms with Gasteiger partial charge in [0.25, 0.3) is 0 Å². The van der Waals surface area contributed by atoms with Crippen LogP contribution in [0.15, 0.2) is 12.4 Å². The second-order valence-electron chi connectivity index (χ2n) is 4.40. The fraction of sp³-hybridized carbons (Fsp3) is 0.636. The molecule has 1 aromatic heterocycles. The molecule has 1 atom stereocenters. The number of alkyl halides is 3. The van der Waals surface area contributed by atoms with Gasteiger partial charge >= 0.3 is 6.18 Å². The molecule has 0 aromatic carbocycles. The highest BCUT2D eigenvalue weighted by Gasteiger charge is 2.32. The molecule has 2 rings (SSSR count). The largest absolute Gasteiger partial charge is 0.419 e.